The molecule has 0 atom stereocenters. The minimum absolute atomic E-state index is 0.194. The Morgan fingerprint density at radius 2 is 1.83 bits per heavy atom. The van der Waals surface area contributed by atoms with Crippen molar-refractivity contribution < 1.29 is 4.79 Å². The number of rotatable bonds is 6. The van der Waals surface area contributed by atoms with Crippen molar-refractivity contribution in [1.29, 1.82) is 0 Å². The Kier molecular flexibility index (Phi) is 6.71. The monoisotopic (exact) mass is 483 g/mol. The quantitative estimate of drug-likeness (QED) is 0.414. The molecule has 3 heterocycles. The van der Waals surface area contributed by atoms with Crippen LogP contribution in [0.15, 0.2) is 72.9 Å². The Morgan fingerprint density at radius 3 is 2.57 bits per heavy atom. The van der Waals surface area contributed by atoms with Gasteiger partial charge in [-0.1, -0.05) is 53.9 Å². The molecule has 1 fully saturated rings. The molecule has 2 aromatic carbocycles. The van der Waals surface area contributed by atoms with E-state index in [9.17, 15) is 4.79 Å². The summed E-state index contributed by atoms with van der Waals surface area (Å²) in [5.41, 5.74) is 5.57. The summed E-state index contributed by atoms with van der Waals surface area (Å²) < 4.78 is 2.04. The van der Waals surface area contributed by atoms with E-state index in [1.165, 1.54) is 0 Å². The van der Waals surface area contributed by atoms with Crippen LogP contribution >= 0.6 is 11.6 Å². The highest BCUT2D eigenvalue weighted by Crippen LogP contribution is 2.27. The van der Waals surface area contributed by atoms with Gasteiger partial charge in [-0.05, 0) is 30.3 Å². The summed E-state index contributed by atoms with van der Waals surface area (Å²) in [7, 11) is 0. The summed E-state index contributed by atoms with van der Waals surface area (Å²) in [6.45, 7) is 4.58. The van der Waals surface area contributed by atoms with Gasteiger partial charge < -0.3 is 14.6 Å². The first-order valence-corrected chi connectivity index (χ1v) is 12.0. The maximum atomic E-state index is 12.6. The third-order valence-electron chi connectivity index (χ3n) is 6.30. The zero-order valence-corrected chi connectivity index (χ0v) is 20.1. The standard InChI is InChI=1S/C28H26ClN5O/c1-2-13-30-28(35)22-11-12-26-31-27(21-7-4-3-5-8-21)25(34(26)19-22)20-32-14-16-33(17-15-32)24-10-6-9-23(29)18-24/h1,3-12,18-19H,13-17,20H2,(H,30,35). The molecule has 7 heteroatoms. The number of terminal acetylenes is 1. The molecule has 2 aromatic heterocycles. The zero-order valence-electron chi connectivity index (χ0n) is 19.3. The van der Waals surface area contributed by atoms with Crippen LogP contribution in [0.2, 0.25) is 5.02 Å². The molecule has 6 nitrogen and oxygen atoms in total. The lowest BCUT2D eigenvalue weighted by atomic mass is 10.1. The molecule has 4 aromatic rings. The predicted octanol–water partition coefficient (Wildman–Crippen LogP) is 4.34. The van der Waals surface area contributed by atoms with Crippen LogP contribution in [-0.2, 0) is 6.54 Å². The first kappa shape index (κ1) is 23.0. The van der Waals surface area contributed by atoms with Gasteiger partial charge >= 0.3 is 0 Å². The van der Waals surface area contributed by atoms with E-state index in [1.54, 1.807) is 6.07 Å². The van der Waals surface area contributed by atoms with E-state index in [1.807, 2.05) is 53.1 Å². The van der Waals surface area contributed by atoms with Gasteiger partial charge in [-0.25, -0.2) is 4.98 Å². The lowest BCUT2D eigenvalue weighted by Crippen LogP contribution is -2.46. The van der Waals surface area contributed by atoms with E-state index in [-0.39, 0.29) is 12.5 Å². The number of benzene rings is 2. The molecule has 1 aliphatic heterocycles. The van der Waals surface area contributed by atoms with E-state index >= 15 is 0 Å². The number of hydrogen-bond donors (Lipinski definition) is 1. The summed E-state index contributed by atoms with van der Waals surface area (Å²) in [6.07, 6.45) is 7.16. The SMILES string of the molecule is C#CCNC(=O)c1ccc2nc(-c3ccccc3)c(CN3CCN(c4cccc(Cl)c4)CC3)n2c1. The van der Waals surface area contributed by atoms with Gasteiger partial charge in [0.25, 0.3) is 5.91 Å². The number of nitrogens with one attached hydrogen (secondary N) is 1. The number of carbonyl (C=O) groups excluding carboxylic acids is 1. The molecular weight excluding hydrogens is 458 g/mol. The number of fused-ring (bicyclic) bond motifs is 1. The molecule has 0 bridgehead atoms. The van der Waals surface area contributed by atoms with Crippen molar-refractivity contribution in [3.8, 4) is 23.6 Å². The molecule has 0 unspecified atom stereocenters. The van der Waals surface area contributed by atoms with E-state index in [0.29, 0.717) is 5.56 Å². The van der Waals surface area contributed by atoms with Crippen molar-refractivity contribution in [2.45, 2.75) is 6.54 Å². The third kappa shape index (κ3) is 5.02. The van der Waals surface area contributed by atoms with E-state index in [2.05, 4.69) is 39.2 Å². The van der Waals surface area contributed by atoms with Crippen molar-refractivity contribution in [2.75, 3.05) is 37.6 Å². The lowest BCUT2D eigenvalue weighted by molar-refractivity contribution is 0.0958. The van der Waals surface area contributed by atoms with Gasteiger partial charge in [0.1, 0.15) is 5.65 Å². The highest BCUT2D eigenvalue weighted by molar-refractivity contribution is 6.30. The highest BCUT2D eigenvalue weighted by Gasteiger charge is 2.22. The molecule has 1 aliphatic rings. The fraction of sp³-hybridized carbons (Fsp3) is 0.214. The Labute approximate surface area is 210 Å². The molecule has 1 saturated heterocycles. The predicted molar refractivity (Wildman–Crippen MR) is 141 cm³/mol. The number of halogens is 1. The molecule has 1 amide bonds. The topological polar surface area (TPSA) is 52.9 Å². The number of nitrogens with zero attached hydrogens (tertiary/aromatic N) is 4. The molecule has 5 rings (SSSR count). The van der Waals surface area contributed by atoms with Crippen molar-refractivity contribution in [3.63, 3.8) is 0 Å². The summed E-state index contributed by atoms with van der Waals surface area (Å²) in [6, 6.07) is 21.9. The molecule has 0 aliphatic carbocycles. The van der Waals surface area contributed by atoms with Crippen molar-refractivity contribution in [3.05, 3.63) is 89.2 Å². The van der Waals surface area contributed by atoms with Gasteiger partial charge in [-0.2, -0.15) is 0 Å². The average Bonchev–Trinajstić information content (AvgIpc) is 3.25. The van der Waals surface area contributed by atoms with Gasteiger partial charge in [-0.3, -0.25) is 9.69 Å². The molecular formula is C28H26ClN5O. The number of piperazine rings is 1. The van der Waals surface area contributed by atoms with Crippen LogP contribution < -0.4 is 10.2 Å². The minimum Gasteiger partial charge on any atom is -0.369 e. The second-order valence-electron chi connectivity index (χ2n) is 8.55. The highest BCUT2D eigenvalue weighted by atomic mass is 35.5. The van der Waals surface area contributed by atoms with Crippen LogP contribution in [0.3, 0.4) is 0 Å². The van der Waals surface area contributed by atoms with Gasteiger partial charge in [-0.15, -0.1) is 6.42 Å². The Morgan fingerprint density at radius 1 is 1.03 bits per heavy atom. The largest absolute Gasteiger partial charge is 0.369 e. The first-order valence-electron chi connectivity index (χ1n) is 11.6. The maximum absolute atomic E-state index is 12.6. The van der Waals surface area contributed by atoms with E-state index < -0.39 is 0 Å². The number of carbonyl (C=O) groups is 1. The van der Waals surface area contributed by atoms with Crippen molar-refractivity contribution >= 4 is 28.8 Å². The second kappa shape index (κ2) is 10.2. The zero-order chi connectivity index (χ0) is 24.2. The molecule has 0 radical (unpaired) electrons. The van der Waals surface area contributed by atoms with Crippen molar-refractivity contribution in [2.24, 2.45) is 0 Å². The summed E-state index contributed by atoms with van der Waals surface area (Å²) in [5.74, 6) is 2.25. The molecule has 0 saturated carbocycles. The van der Waals surface area contributed by atoms with Crippen molar-refractivity contribution in [1.82, 2.24) is 19.6 Å². The number of pyridine rings is 1. The normalized spacial score (nSPS) is 14.1. The summed E-state index contributed by atoms with van der Waals surface area (Å²) in [5, 5.41) is 3.50. The fourth-order valence-corrected chi connectivity index (χ4v) is 4.67. The number of amides is 1. The lowest BCUT2D eigenvalue weighted by Gasteiger charge is -2.36. The summed E-state index contributed by atoms with van der Waals surface area (Å²) >= 11 is 6.20. The Balaban J connectivity index is 1.43. The van der Waals surface area contributed by atoms with Crippen LogP contribution in [0, 0.1) is 12.3 Å². The second-order valence-corrected chi connectivity index (χ2v) is 8.99. The van der Waals surface area contributed by atoms with Crippen LogP contribution in [0.25, 0.3) is 16.9 Å². The van der Waals surface area contributed by atoms with Gasteiger partial charge in [0.15, 0.2) is 0 Å². The van der Waals surface area contributed by atoms with Crippen LogP contribution in [0.5, 0.6) is 0 Å². The molecule has 1 N–H and O–H groups in total. The number of aromatic nitrogens is 2. The fourth-order valence-electron chi connectivity index (χ4n) is 4.49. The Bertz CT molecular complexity index is 1380. The molecule has 0 spiro atoms. The van der Waals surface area contributed by atoms with E-state index in [4.69, 9.17) is 23.0 Å². The van der Waals surface area contributed by atoms with Crippen LogP contribution in [-0.4, -0.2) is 52.9 Å². The smallest absolute Gasteiger partial charge is 0.253 e. The minimum atomic E-state index is -0.194. The summed E-state index contributed by atoms with van der Waals surface area (Å²) in [4.78, 5) is 22.3. The first-order chi connectivity index (χ1) is 17.1. The van der Waals surface area contributed by atoms with E-state index in [0.717, 1.165) is 66.0 Å². The average molecular weight is 484 g/mol. The van der Waals surface area contributed by atoms with Crippen LogP contribution in [0.4, 0.5) is 5.69 Å². The van der Waals surface area contributed by atoms with Gasteiger partial charge in [0.2, 0.25) is 0 Å². The third-order valence-corrected chi connectivity index (χ3v) is 6.53. The number of imidazole rings is 1. The molecule has 35 heavy (non-hydrogen) atoms. The van der Waals surface area contributed by atoms with Gasteiger partial charge in [0, 0.05) is 55.2 Å². The Hall–Kier alpha value is -3.79. The van der Waals surface area contributed by atoms with Crippen LogP contribution in [0.1, 0.15) is 16.1 Å². The van der Waals surface area contributed by atoms with Gasteiger partial charge in [0.05, 0.1) is 23.5 Å². The molecule has 176 valence electrons. The number of hydrogen-bond acceptors (Lipinski definition) is 4. The number of anilines is 1. The maximum Gasteiger partial charge on any atom is 0.253 e.